The summed E-state index contributed by atoms with van der Waals surface area (Å²) in [6.45, 7) is 2.06. The van der Waals surface area contributed by atoms with Crippen molar-refractivity contribution in [2.75, 3.05) is 11.1 Å². The summed E-state index contributed by atoms with van der Waals surface area (Å²) in [6, 6.07) is 16.2. The van der Waals surface area contributed by atoms with Crippen molar-refractivity contribution in [2.24, 2.45) is 0 Å². The molecule has 4 aromatic rings. The number of thiazole rings is 1. The van der Waals surface area contributed by atoms with Gasteiger partial charge in [-0.25, -0.2) is 9.97 Å². The molecule has 2 heterocycles. The van der Waals surface area contributed by atoms with Gasteiger partial charge in [0.15, 0.2) is 5.13 Å². The Kier molecular flexibility index (Phi) is 6.13. The number of hydrogen-bond donors (Lipinski definition) is 2. The van der Waals surface area contributed by atoms with E-state index in [2.05, 4.69) is 62.4 Å². The van der Waals surface area contributed by atoms with Gasteiger partial charge in [-0.15, -0.1) is 11.3 Å². The summed E-state index contributed by atoms with van der Waals surface area (Å²) >= 11 is 6.27. The van der Waals surface area contributed by atoms with Gasteiger partial charge in [0, 0.05) is 27.2 Å². The second-order valence-electron chi connectivity index (χ2n) is 6.31. The molecule has 0 saturated heterocycles. The summed E-state index contributed by atoms with van der Waals surface area (Å²) < 4.78 is 1.01. The smallest absolute Gasteiger partial charge is 0.236 e. The predicted molar refractivity (Wildman–Crippen MR) is 123 cm³/mol. The molecular formula is C21H17BrN4OS2. The number of aromatic amines is 1. The van der Waals surface area contributed by atoms with Crippen molar-refractivity contribution in [3.8, 4) is 22.6 Å². The van der Waals surface area contributed by atoms with E-state index in [0.717, 1.165) is 32.1 Å². The lowest BCUT2D eigenvalue weighted by Gasteiger charge is -2.04. The molecule has 0 atom stereocenters. The maximum absolute atomic E-state index is 12.3. The van der Waals surface area contributed by atoms with Gasteiger partial charge in [0.25, 0.3) is 0 Å². The molecule has 0 aliphatic rings. The van der Waals surface area contributed by atoms with E-state index in [4.69, 9.17) is 4.98 Å². The van der Waals surface area contributed by atoms with Gasteiger partial charge >= 0.3 is 0 Å². The first kappa shape index (κ1) is 19.9. The molecule has 0 spiro atoms. The second-order valence-corrected chi connectivity index (χ2v) is 9.09. The quantitative estimate of drug-likeness (QED) is 0.329. The third-order valence-electron chi connectivity index (χ3n) is 4.15. The average Bonchev–Trinajstić information content (AvgIpc) is 3.37. The number of aromatic nitrogens is 3. The SMILES string of the molecule is Cc1ccc(-c2[nH]c(-c3ccc(Br)cc3)nc2SCC(=O)Nc2nccs2)cc1. The lowest BCUT2D eigenvalue weighted by atomic mass is 10.1. The minimum atomic E-state index is -0.104. The highest BCUT2D eigenvalue weighted by molar-refractivity contribution is 9.10. The molecule has 5 nitrogen and oxygen atoms in total. The van der Waals surface area contributed by atoms with Crippen molar-refractivity contribution in [2.45, 2.75) is 11.9 Å². The molecule has 0 radical (unpaired) electrons. The predicted octanol–water partition coefficient (Wildman–Crippen LogP) is 6.00. The number of halogens is 1. The van der Waals surface area contributed by atoms with Gasteiger partial charge in [-0.1, -0.05) is 69.7 Å². The molecule has 4 rings (SSSR count). The Morgan fingerprint density at radius 1 is 1.14 bits per heavy atom. The maximum atomic E-state index is 12.3. The first-order chi connectivity index (χ1) is 14.1. The number of carbonyl (C=O) groups is 1. The summed E-state index contributed by atoms with van der Waals surface area (Å²) in [5.74, 6) is 0.923. The van der Waals surface area contributed by atoms with E-state index in [-0.39, 0.29) is 11.7 Å². The highest BCUT2D eigenvalue weighted by Gasteiger charge is 2.16. The number of nitrogens with one attached hydrogen (secondary N) is 2. The van der Waals surface area contributed by atoms with Crippen LogP contribution in [0.3, 0.4) is 0 Å². The Labute approximate surface area is 185 Å². The number of carbonyl (C=O) groups excluding carboxylic acids is 1. The Hall–Kier alpha value is -2.42. The van der Waals surface area contributed by atoms with E-state index in [1.807, 2.05) is 29.6 Å². The fourth-order valence-electron chi connectivity index (χ4n) is 2.70. The summed E-state index contributed by atoms with van der Waals surface area (Å²) in [4.78, 5) is 24.6. The van der Waals surface area contributed by atoms with Crippen LogP contribution in [0.1, 0.15) is 5.56 Å². The highest BCUT2D eigenvalue weighted by atomic mass is 79.9. The zero-order valence-electron chi connectivity index (χ0n) is 15.5. The van der Waals surface area contributed by atoms with Crippen LogP contribution in [0, 0.1) is 6.92 Å². The number of imidazole rings is 1. The highest BCUT2D eigenvalue weighted by Crippen LogP contribution is 2.33. The van der Waals surface area contributed by atoms with Crippen molar-refractivity contribution < 1.29 is 4.79 Å². The van der Waals surface area contributed by atoms with Gasteiger partial charge in [-0.3, -0.25) is 4.79 Å². The normalized spacial score (nSPS) is 10.8. The number of rotatable bonds is 6. The van der Waals surface area contributed by atoms with Gasteiger partial charge in [0.05, 0.1) is 11.4 Å². The number of benzene rings is 2. The molecule has 29 heavy (non-hydrogen) atoms. The van der Waals surface area contributed by atoms with Crippen molar-refractivity contribution in [3.05, 3.63) is 70.1 Å². The van der Waals surface area contributed by atoms with Crippen LogP contribution < -0.4 is 5.32 Å². The van der Waals surface area contributed by atoms with E-state index in [0.29, 0.717) is 5.13 Å². The molecule has 0 aliphatic heterocycles. The molecule has 0 unspecified atom stereocenters. The van der Waals surface area contributed by atoms with Crippen LogP contribution in [0.4, 0.5) is 5.13 Å². The van der Waals surface area contributed by atoms with E-state index >= 15 is 0 Å². The Morgan fingerprint density at radius 3 is 2.55 bits per heavy atom. The minimum absolute atomic E-state index is 0.104. The minimum Gasteiger partial charge on any atom is -0.337 e. The largest absolute Gasteiger partial charge is 0.337 e. The van der Waals surface area contributed by atoms with Gasteiger partial charge < -0.3 is 10.3 Å². The van der Waals surface area contributed by atoms with Crippen molar-refractivity contribution in [1.82, 2.24) is 15.0 Å². The number of amides is 1. The zero-order valence-corrected chi connectivity index (χ0v) is 18.7. The number of nitrogens with zero attached hydrogens (tertiary/aromatic N) is 2. The van der Waals surface area contributed by atoms with Gasteiger partial charge in [0.1, 0.15) is 10.9 Å². The lowest BCUT2D eigenvalue weighted by molar-refractivity contribution is -0.113. The Balaban J connectivity index is 1.60. The molecule has 0 saturated carbocycles. The monoisotopic (exact) mass is 484 g/mol. The summed E-state index contributed by atoms with van der Waals surface area (Å²) in [7, 11) is 0. The first-order valence-electron chi connectivity index (χ1n) is 8.83. The topological polar surface area (TPSA) is 70.7 Å². The van der Waals surface area contributed by atoms with Gasteiger partial charge in [-0.2, -0.15) is 0 Å². The molecule has 8 heteroatoms. The number of aryl methyl sites for hydroxylation is 1. The third kappa shape index (κ3) is 4.95. The molecule has 146 valence electrons. The van der Waals surface area contributed by atoms with Crippen molar-refractivity contribution >= 4 is 50.1 Å². The van der Waals surface area contributed by atoms with Crippen LogP contribution in [-0.4, -0.2) is 26.6 Å². The van der Waals surface area contributed by atoms with Crippen LogP contribution in [0.2, 0.25) is 0 Å². The van der Waals surface area contributed by atoms with Crippen molar-refractivity contribution in [1.29, 1.82) is 0 Å². The van der Waals surface area contributed by atoms with Crippen LogP contribution in [-0.2, 0) is 4.79 Å². The summed E-state index contributed by atoms with van der Waals surface area (Å²) in [5.41, 5.74) is 4.13. The van der Waals surface area contributed by atoms with Crippen LogP contribution in [0.5, 0.6) is 0 Å². The van der Waals surface area contributed by atoms with E-state index in [1.165, 1.54) is 28.7 Å². The molecule has 2 aromatic heterocycles. The summed E-state index contributed by atoms with van der Waals surface area (Å²) in [5, 5.41) is 6.03. The molecule has 2 aromatic carbocycles. The summed E-state index contributed by atoms with van der Waals surface area (Å²) in [6.07, 6.45) is 1.67. The number of hydrogen-bond acceptors (Lipinski definition) is 5. The number of H-pyrrole nitrogens is 1. The second kappa shape index (κ2) is 8.94. The zero-order chi connectivity index (χ0) is 20.2. The average molecular weight is 485 g/mol. The van der Waals surface area contributed by atoms with E-state index in [1.54, 1.807) is 6.20 Å². The Bertz CT molecular complexity index is 1110. The fraction of sp³-hybridized carbons (Fsp3) is 0.0952. The van der Waals surface area contributed by atoms with Crippen LogP contribution in [0.15, 0.2) is 69.6 Å². The van der Waals surface area contributed by atoms with Gasteiger partial charge in [-0.05, 0) is 19.1 Å². The maximum Gasteiger partial charge on any atom is 0.236 e. The Morgan fingerprint density at radius 2 is 1.86 bits per heavy atom. The molecule has 0 fully saturated rings. The first-order valence-corrected chi connectivity index (χ1v) is 11.5. The number of anilines is 1. The standard InChI is InChI=1S/C21H17BrN4OS2/c1-13-2-4-14(5-3-13)18-20(29-12-17(27)24-21-23-10-11-28-21)26-19(25-18)15-6-8-16(22)9-7-15/h2-11H,12H2,1H3,(H,25,26)(H,23,24,27). The van der Waals surface area contributed by atoms with Crippen LogP contribution >= 0.6 is 39.0 Å². The number of thioether (sulfide) groups is 1. The third-order valence-corrected chi connectivity index (χ3v) is 6.34. The van der Waals surface area contributed by atoms with Crippen molar-refractivity contribution in [3.63, 3.8) is 0 Å². The molecule has 2 N–H and O–H groups in total. The van der Waals surface area contributed by atoms with E-state index < -0.39 is 0 Å². The molecule has 0 bridgehead atoms. The fourth-order valence-corrected chi connectivity index (χ4v) is 4.31. The molecule has 1 amide bonds. The van der Waals surface area contributed by atoms with Crippen LogP contribution in [0.25, 0.3) is 22.6 Å². The van der Waals surface area contributed by atoms with Gasteiger partial charge in [0.2, 0.25) is 5.91 Å². The molecular weight excluding hydrogens is 468 g/mol. The van der Waals surface area contributed by atoms with E-state index in [9.17, 15) is 4.79 Å². The molecule has 0 aliphatic carbocycles. The lowest BCUT2D eigenvalue weighted by Crippen LogP contribution is -2.13.